The summed E-state index contributed by atoms with van der Waals surface area (Å²) in [4.78, 5) is 4.78. The summed E-state index contributed by atoms with van der Waals surface area (Å²) in [5.74, 6) is 2.99. The molecular weight excluding hydrogens is 460 g/mol. The van der Waals surface area contributed by atoms with Crippen LogP contribution in [0.15, 0.2) is 56.0 Å². The number of furan rings is 1. The van der Waals surface area contributed by atoms with Gasteiger partial charge in [0.25, 0.3) is 0 Å². The smallest absolute Gasteiger partial charge is 0.200 e. The lowest BCUT2D eigenvalue weighted by molar-refractivity contribution is 0.416. The second-order valence-corrected chi connectivity index (χ2v) is 8.52. The van der Waals surface area contributed by atoms with Crippen LogP contribution >= 0.6 is 39.0 Å². The Balaban J connectivity index is 1.52. The molecule has 0 saturated carbocycles. The van der Waals surface area contributed by atoms with Crippen molar-refractivity contribution in [3.63, 3.8) is 0 Å². The van der Waals surface area contributed by atoms with Crippen LogP contribution in [0.25, 0.3) is 22.2 Å². The predicted molar refractivity (Wildman–Crippen MR) is 115 cm³/mol. The Bertz CT molecular complexity index is 1080. The van der Waals surface area contributed by atoms with Gasteiger partial charge >= 0.3 is 0 Å². The van der Waals surface area contributed by atoms with Crippen LogP contribution in [-0.4, -0.2) is 26.9 Å². The highest BCUT2D eigenvalue weighted by molar-refractivity contribution is 9.10. The van der Waals surface area contributed by atoms with Crippen LogP contribution in [0, 0.1) is 0 Å². The highest BCUT2D eigenvalue weighted by Crippen LogP contribution is 2.35. The van der Waals surface area contributed by atoms with E-state index in [0.29, 0.717) is 5.75 Å². The van der Waals surface area contributed by atoms with Gasteiger partial charge in [0.1, 0.15) is 10.8 Å². The molecule has 9 heteroatoms. The molecule has 0 spiro atoms. The molecule has 0 radical (unpaired) electrons. The molecule has 6 nitrogen and oxygen atoms in total. The molecule has 4 rings (SSSR count). The Morgan fingerprint density at radius 2 is 2.18 bits per heavy atom. The van der Waals surface area contributed by atoms with Gasteiger partial charge in [0.15, 0.2) is 16.7 Å². The van der Waals surface area contributed by atoms with Crippen LogP contribution in [0.4, 0.5) is 0 Å². The highest BCUT2D eigenvalue weighted by atomic mass is 79.9. The maximum absolute atomic E-state index is 5.47. The Labute approximate surface area is 179 Å². The van der Waals surface area contributed by atoms with Gasteiger partial charge in [-0.1, -0.05) is 27.7 Å². The number of nitrogens with zero attached hydrogens (tertiary/aromatic N) is 4. The Hall–Kier alpha value is -2.10. The summed E-state index contributed by atoms with van der Waals surface area (Å²) in [5.41, 5.74) is 1.98. The number of ether oxygens (including phenoxy) is 1. The molecule has 0 aliphatic rings. The summed E-state index contributed by atoms with van der Waals surface area (Å²) in [6.45, 7) is 2.84. The largest absolute Gasteiger partial charge is 0.496 e. The minimum atomic E-state index is 0.711. The molecule has 0 amide bonds. The summed E-state index contributed by atoms with van der Waals surface area (Å²) >= 11 is 6.74. The van der Waals surface area contributed by atoms with Crippen LogP contribution in [0.1, 0.15) is 12.6 Å². The third-order valence-corrected chi connectivity index (χ3v) is 6.49. The fraction of sp³-hybridized carbons (Fsp3) is 0.211. The number of hydrogen-bond donors (Lipinski definition) is 0. The van der Waals surface area contributed by atoms with Gasteiger partial charge in [-0.2, -0.15) is 0 Å². The van der Waals surface area contributed by atoms with Crippen molar-refractivity contribution in [3.8, 4) is 27.9 Å². The molecular formula is C19H17BrN4O2S2. The second kappa shape index (κ2) is 8.50. The molecule has 0 unspecified atom stereocenters. The maximum atomic E-state index is 5.47. The first kappa shape index (κ1) is 19.2. The van der Waals surface area contributed by atoms with Gasteiger partial charge in [0, 0.05) is 22.2 Å². The van der Waals surface area contributed by atoms with Crippen molar-refractivity contribution in [2.75, 3.05) is 7.11 Å². The van der Waals surface area contributed by atoms with E-state index in [1.807, 2.05) is 34.9 Å². The van der Waals surface area contributed by atoms with Gasteiger partial charge in [-0.05, 0) is 37.3 Å². The van der Waals surface area contributed by atoms with Crippen molar-refractivity contribution in [2.24, 2.45) is 0 Å². The number of hydrogen-bond acceptors (Lipinski definition) is 7. The summed E-state index contributed by atoms with van der Waals surface area (Å²) in [7, 11) is 1.67. The first-order valence-electron chi connectivity index (χ1n) is 8.57. The minimum Gasteiger partial charge on any atom is -0.496 e. The third kappa shape index (κ3) is 3.87. The van der Waals surface area contributed by atoms with Crippen LogP contribution in [0.5, 0.6) is 5.75 Å². The van der Waals surface area contributed by atoms with Gasteiger partial charge in [0.05, 0.1) is 24.6 Å². The third-order valence-electron chi connectivity index (χ3n) is 4.07. The number of thiazole rings is 1. The van der Waals surface area contributed by atoms with E-state index in [-0.39, 0.29) is 0 Å². The van der Waals surface area contributed by atoms with Crippen molar-refractivity contribution in [1.29, 1.82) is 0 Å². The number of methoxy groups -OCH3 is 1. The summed E-state index contributed by atoms with van der Waals surface area (Å²) in [6.07, 6.45) is 1.64. The molecule has 144 valence electrons. The Morgan fingerprint density at radius 1 is 1.29 bits per heavy atom. The van der Waals surface area contributed by atoms with E-state index in [2.05, 4.69) is 38.4 Å². The molecule has 0 atom stereocenters. The monoisotopic (exact) mass is 476 g/mol. The Morgan fingerprint density at radius 3 is 2.93 bits per heavy atom. The molecule has 0 aliphatic carbocycles. The lowest BCUT2D eigenvalue weighted by Crippen LogP contribution is -1.99. The first-order chi connectivity index (χ1) is 13.7. The molecule has 28 heavy (non-hydrogen) atoms. The topological polar surface area (TPSA) is 66.0 Å². The van der Waals surface area contributed by atoms with E-state index in [4.69, 9.17) is 14.1 Å². The van der Waals surface area contributed by atoms with Gasteiger partial charge < -0.3 is 9.15 Å². The molecule has 4 aromatic rings. The van der Waals surface area contributed by atoms with Crippen molar-refractivity contribution in [1.82, 2.24) is 19.7 Å². The van der Waals surface area contributed by atoms with E-state index in [1.54, 1.807) is 36.5 Å². The summed E-state index contributed by atoms with van der Waals surface area (Å²) < 4.78 is 14.0. The van der Waals surface area contributed by atoms with E-state index in [0.717, 1.165) is 49.8 Å². The van der Waals surface area contributed by atoms with Gasteiger partial charge in [-0.25, -0.2) is 4.98 Å². The number of halogens is 1. The molecule has 0 saturated heterocycles. The molecule has 3 heterocycles. The average Bonchev–Trinajstić information content (AvgIpc) is 3.46. The number of thioether (sulfide) groups is 1. The lowest BCUT2D eigenvalue weighted by Gasteiger charge is -2.06. The Kier molecular flexibility index (Phi) is 5.84. The lowest BCUT2D eigenvalue weighted by atomic mass is 10.2. The predicted octanol–water partition coefficient (Wildman–Crippen LogP) is 5.74. The quantitative estimate of drug-likeness (QED) is 0.316. The molecule has 3 aromatic heterocycles. The summed E-state index contributed by atoms with van der Waals surface area (Å²) in [5, 5.41) is 12.5. The van der Waals surface area contributed by atoms with Crippen molar-refractivity contribution < 1.29 is 9.15 Å². The van der Waals surface area contributed by atoms with Crippen molar-refractivity contribution >= 4 is 39.0 Å². The summed E-state index contributed by atoms with van der Waals surface area (Å²) in [6, 6.07) is 9.67. The fourth-order valence-corrected chi connectivity index (χ4v) is 4.95. The number of rotatable bonds is 7. The van der Waals surface area contributed by atoms with Gasteiger partial charge in [0.2, 0.25) is 0 Å². The maximum Gasteiger partial charge on any atom is 0.200 e. The van der Waals surface area contributed by atoms with Crippen LogP contribution < -0.4 is 4.74 Å². The van der Waals surface area contributed by atoms with E-state index < -0.39 is 0 Å². The minimum absolute atomic E-state index is 0.711. The number of benzene rings is 1. The van der Waals surface area contributed by atoms with Crippen LogP contribution in [-0.2, 0) is 12.3 Å². The normalized spacial score (nSPS) is 11.1. The molecule has 0 bridgehead atoms. The first-order valence-corrected chi connectivity index (χ1v) is 11.2. The zero-order chi connectivity index (χ0) is 19.5. The van der Waals surface area contributed by atoms with Crippen LogP contribution in [0.2, 0.25) is 0 Å². The molecule has 1 aromatic carbocycles. The van der Waals surface area contributed by atoms with Gasteiger partial charge in [-0.15, -0.1) is 21.5 Å². The van der Waals surface area contributed by atoms with Gasteiger partial charge in [-0.3, -0.25) is 4.57 Å². The average molecular weight is 477 g/mol. The zero-order valence-corrected chi connectivity index (χ0v) is 18.5. The fourth-order valence-electron chi connectivity index (χ4n) is 2.75. The van der Waals surface area contributed by atoms with Crippen molar-refractivity contribution in [2.45, 2.75) is 24.4 Å². The SMILES string of the molecule is CCn1c(SCc2csc(-c3cc(Br)ccc3OC)n2)nnc1-c1ccco1. The zero-order valence-electron chi connectivity index (χ0n) is 15.3. The standard InChI is InChI=1S/C19H17BrN4O2S2/c1-3-24-17(16-5-4-8-26-16)22-23-19(24)28-11-13-10-27-18(21-13)14-9-12(20)6-7-15(14)25-2/h4-10H,3,11H2,1-2H3. The number of aromatic nitrogens is 4. The molecule has 0 fully saturated rings. The van der Waals surface area contributed by atoms with E-state index >= 15 is 0 Å². The van der Waals surface area contributed by atoms with Crippen molar-refractivity contribution in [3.05, 3.63) is 52.1 Å². The van der Waals surface area contributed by atoms with E-state index in [1.165, 1.54) is 0 Å². The van der Waals surface area contributed by atoms with E-state index in [9.17, 15) is 0 Å². The highest BCUT2D eigenvalue weighted by Gasteiger charge is 2.16. The second-order valence-electron chi connectivity index (χ2n) is 5.81. The molecule has 0 aliphatic heterocycles. The van der Waals surface area contributed by atoms with Crippen LogP contribution in [0.3, 0.4) is 0 Å². The molecule has 0 N–H and O–H groups in total.